The molecule has 1 aliphatic rings. The van der Waals surface area contributed by atoms with Crippen LogP contribution in [0.5, 0.6) is 0 Å². The normalized spacial score (nSPS) is 14.4. The first-order chi connectivity index (χ1) is 14.4. The minimum atomic E-state index is -0.237. The Kier molecular flexibility index (Phi) is 8.16. The predicted octanol–water partition coefficient (Wildman–Crippen LogP) is 2.25. The molecule has 1 saturated heterocycles. The summed E-state index contributed by atoms with van der Waals surface area (Å²) in [5, 5.41) is 5.04. The minimum Gasteiger partial charge on any atom is -0.465 e. The van der Waals surface area contributed by atoms with Crippen LogP contribution in [0.2, 0.25) is 0 Å². The molecular formula is C20H23IN4O4S. The van der Waals surface area contributed by atoms with Crippen LogP contribution in [-0.2, 0) is 20.7 Å². The van der Waals surface area contributed by atoms with Crippen LogP contribution in [0.15, 0.2) is 29.6 Å². The zero-order chi connectivity index (χ0) is 21.5. The number of anilines is 1. The van der Waals surface area contributed by atoms with Crippen molar-refractivity contribution >= 4 is 56.8 Å². The first-order valence-electron chi connectivity index (χ1n) is 9.61. The van der Waals surface area contributed by atoms with Crippen molar-refractivity contribution in [3.05, 3.63) is 44.5 Å². The van der Waals surface area contributed by atoms with Gasteiger partial charge in [-0.2, -0.15) is 0 Å². The summed E-state index contributed by atoms with van der Waals surface area (Å²) in [6, 6.07) is 7.26. The van der Waals surface area contributed by atoms with Crippen LogP contribution >= 0.6 is 33.9 Å². The monoisotopic (exact) mass is 542 g/mol. The maximum absolute atomic E-state index is 12.6. The third-order valence-electron chi connectivity index (χ3n) is 4.59. The molecule has 0 atom stereocenters. The Hall–Kier alpha value is -2.05. The zero-order valence-electron chi connectivity index (χ0n) is 16.6. The van der Waals surface area contributed by atoms with Crippen molar-refractivity contribution in [3.8, 4) is 0 Å². The summed E-state index contributed by atoms with van der Waals surface area (Å²) in [5.74, 6) is -0.470. The molecule has 10 heteroatoms. The van der Waals surface area contributed by atoms with Gasteiger partial charge < -0.3 is 9.64 Å². The molecule has 3 rings (SSSR count). The van der Waals surface area contributed by atoms with E-state index in [1.54, 1.807) is 29.3 Å². The van der Waals surface area contributed by atoms with Crippen molar-refractivity contribution in [2.75, 3.05) is 44.6 Å². The first kappa shape index (κ1) is 22.6. The molecule has 0 radical (unpaired) electrons. The molecule has 0 bridgehead atoms. The van der Waals surface area contributed by atoms with Crippen molar-refractivity contribution in [2.24, 2.45) is 0 Å². The number of carbonyl (C=O) groups is 3. The number of esters is 1. The second-order valence-electron chi connectivity index (χ2n) is 6.74. The lowest BCUT2D eigenvalue weighted by Gasteiger charge is -2.34. The largest absolute Gasteiger partial charge is 0.465 e. The van der Waals surface area contributed by atoms with Gasteiger partial charge in [0.05, 0.1) is 25.3 Å². The maximum atomic E-state index is 12.6. The Balaban J connectivity index is 1.46. The zero-order valence-corrected chi connectivity index (χ0v) is 19.6. The molecule has 0 spiro atoms. The fourth-order valence-electron chi connectivity index (χ4n) is 3.03. The molecule has 1 fully saturated rings. The summed E-state index contributed by atoms with van der Waals surface area (Å²) < 4.78 is 6.02. The van der Waals surface area contributed by atoms with Gasteiger partial charge in [-0.1, -0.05) is 0 Å². The molecule has 2 heterocycles. The van der Waals surface area contributed by atoms with E-state index in [0.717, 1.165) is 3.57 Å². The fraction of sp³-hybridized carbons (Fsp3) is 0.400. The standard InChI is InChI=1S/C20H23IN4O4S/c1-2-29-18(27)12-24-7-9-25(10-8-24)17(26)11-16-13-30-20(22-16)23-19(28)14-3-5-15(21)6-4-14/h3-6,13H,2,7-12H2,1H3,(H,22,23,28). The number of hydrogen-bond acceptors (Lipinski definition) is 7. The lowest BCUT2D eigenvalue weighted by atomic mass is 10.2. The van der Waals surface area contributed by atoms with Crippen molar-refractivity contribution < 1.29 is 19.1 Å². The van der Waals surface area contributed by atoms with E-state index in [1.165, 1.54) is 11.3 Å². The number of hydrogen-bond donors (Lipinski definition) is 1. The van der Waals surface area contributed by atoms with E-state index in [9.17, 15) is 14.4 Å². The molecule has 1 aliphatic heterocycles. The lowest BCUT2D eigenvalue weighted by molar-refractivity contribution is -0.145. The molecule has 30 heavy (non-hydrogen) atoms. The van der Waals surface area contributed by atoms with E-state index in [4.69, 9.17) is 4.74 Å². The second kappa shape index (κ2) is 10.8. The van der Waals surface area contributed by atoms with Crippen molar-refractivity contribution in [1.82, 2.24) is 14.8 Å². The van der Waals surface area contributed by atoms with Crippen LogP contribution in [0, 0.1) is 3.57 Å². The molecule has 0 unspecified atom stereocenters. The van der Waals surface area contributed by atoms with Crippen molar-refractivity contribution in [2.45, 2.75) is 13.3 Å². The van der Waals surface area contributed by atoms with Crippen LogP contribution in [0.4, 0.5) is 5.13 Å². The highest BCUT2D eigenvalue weighted by Crippen LogP contribution is 2.18. The van der Waals surface area contributed by atoms with Gasteiger partial charge in [-0.3, -0.25) is 24.6 Å². The van der Waals surface area contributed by atoms with E-state index in [2.05, 4.69) is 32.9 Å². The predicted molar refractivity (Wildman–Crippen MR) is 123 cm³/mol. The van der Waals surface area contributed by atoms with Crippen LogP contribution in [0.1, 0.15) is 23.0 Å². The SMILES string of the molecule is CCOC(=O)CN1CCN(C(=O)Cc2csc(NC(=O)c3ccc(I)cc3)n2)CC1. The number of piperazine rings is 1. The molecular weight excluding hydrogens is 519 g/mol. The van der Waals surface area contributed by atoms with Crippen molar-refractivity contribution in [1.29, 1.82) is 0 Å². The molecule has 8 nitrogen and oxygen atoms in total. The average Bonchev–Trinajstić information content (AvgIpc) is 3.15. The first-order valence-corrected chi connectivity index (χ1v) is 11.6. The smallest absolute Gasteiger partial charge is 0.320 e. The molecule has 0 saturated carbocycles. The average molecular weight is 542 g/mol. The lowest BCUT2D eigenvalue weighted by Crippen LogP contribution is -2.50. The Bertz CT molecular complexity index is 894. The topological polar surface area (TPSA) is 91.8 Å². The van der Waals surface area contributed by atoms with Gasteiger partial charge >= 0.3 is 5.97 Å². The van der Waals surface area contributed by atoms with Crippen molar-refractivity contribution in [3.63, 3.8) is 0 Å². The van der Waals surface area contributed by atoms with E-state index in [0.29, 0.717) is 49.2 Å². The summed E-state index contributed by atoms with van der Waals surface area (Å²) in [5.41, 5.74) is 1.20. The van der Waals surface area contributed by atoms with Crippen LogP contribution < -0.4 is 5.32 Å². The highest BCUT2D eigenvalue weighted by Gasteiger charge is 2.23. The number of carbonyl (C=O) groups excluding carboxylic acids is 3. The summed E-state index contributed by atoms with van der Waals surface area (Å²) in [4.78, 5) is 44.6. The van der Waals surface area contributed by atoms with Gasteiger partial charge in [0.1, 0.15) is 0 Å². The van der Waals surface area contributed by atoms with Gasteiger partial charge in [-0.25, -0.2) is 4.98 Å². The van der Waals surface area contributed by atoms with Gasteiger partial charge in [0.25, 0.3) is 5.91 Å². The molecule has 2 aromatic rings. The number of nitrogens with zero attached hydrogens (tertiary/aromatic N) is 3. The summed E-state index contributed by atoms with van der Waals surface area (Å²) in [7, 11) is 0. The summed E-state index contributed by atoms with van der Waals surface area (Å²) >= 11 is 3.49. The number of amides is 2. The van der Waals surface area contributed by atoms with Crippen LogP contribution in [-0.4, -0.2) is 71.9 Å². The number of rotatable bonds is 7. The van der Waals surface area contributed by atoms with Gasteiger partial charge in [0.15, 0.2) is 5.13 Å². The third kappa shape index (κ3) is 6.47. The molecule has 2 amide bonds. The Morgan fingerprint density at radius 3 is 2.53 bits per heavy atom. The molecule has 160 valence electrons. The van der Waals surface area contributed by atoms with Gasteiger partial charge in [-0.15, -0.1) is 11.3 Å². The molecule has 1 aromatic carbocycles. The quantitative estimate of drug-likeness (QED) is 0.427. The Labute approximate surface area is 192 Å². The summed E-state index contributed by atoms with van der Waals surface area (Å²) in [6.07, 6.45) is 0.188. The number of nitrogens with one attached hydrogen (secondary N) is 1. The highest BCUT2D eigenvalue weighted by atomic mass is 127. The van der Waals surface area contributed by atoms with Gasteiger partial charge in [0, 0.05) is 40.7 Å². The van der Waals surface area contributed by atoms with Gasteiger partial charge in [-0.05, 0) is 53.8 Å². The fourth-order valence-corrected chi connectivity index (χ4v) is 4.09. The molecule has 0 aliphatic carbocycles. The van der Waals surface area contributed by atoms with E-state index in [1.807, 2.05) is 17.0 Å². The Morgan fingerprint density at radius 2 is 1.87 bits per heavy atom. The maximum Gasteiger partial charge on any atom is 0.320 e. The molecule has 1 aromatic heterocycles. The number of thiazole rings is 1. The summed E-state index contributed by atoms with van der Waals surface area (Å²) in [6.45, 7) is 4.82. The molecule has 1 N–H and O–H groups in total. The van der Waals surface area contributed by atoms with Crippen LogP contribution in [0.25, 0.3) is 0 Å². The Morgan fingerprint density at radius 1 is 1.17 bits per heavy atom. The van der Waals surface area contributed by atoms with E-state index in [-0.39, 0.29) is 30.7 Å². The van der Waals surface area contributed by atoms with Crippen LogP contribution in [0.3, 0.4) is 0 Å². The second-order valence-corrected chi connectivity index (χ2v) is 8.85. The minimum absolute atomic E-state index is 0.00778. The number of halogens is 1. The highest BCUT2D eigenvalue weighted by molar-refractivity contribution is 14.1. The number of ether oxygens (including phenoxy) is 1. The van der Waals surface area contributed by atoms with Gasteiger partial charge in [0.2, 0.25) is 5.91 Å². The third-order valence-corrected chi connectivity index (χ3v) is 6.12. The van der Waals surface area contributed by atoms with E-state index < -0.39 is 0 Å². The number of aromatic nitrogens is 1. The number of benzene rings is 1. The van der Waals surface area contributed by atoms with E-state index >= 15 is 0 Å².